The van der Waals surface area contributed by atoms with Gasteiger partial charge in [0, 0.05) is 6.04 Å². The monoisotopic (exact) mass is 342 g/mol. The van der Waals surface area contributed by atoms with E-state index < -0.39 is 0 Å². The maximum Gasteiger partial charge on any atom is 0.315 e. The lowest BCUT2D eigenvalue weighted by atomic mass is 9.98. The van der Waals surface area contributed by atoms with Crippen LogP contribution in [-0.2, 0) is 6.42 Å². The minimum absolute atomic E-state index is 0.0720. The van der Waals surface area contributed by atoms with Crippen LogP contribution in [0.5, 0.6) is 11.5 Å². The molecule has 2 N–H and O–H groups in total. The predicted molar refractivity (Wildman–Crippen MR) is 99.2 cm³/mol. The van der Waals surface area contributed by atoms with Gasteiger partial charge in [-0.2, -0.15) is 0 Å². The maximum atomic E-state index is 12.2. The second kappa shape index (κ2) is 8.97. The van der Waals surface area contributed by atoms with Crippen LogP contribution in [0.3, 0.4) is 0 Å². The summed E-state index contributed by atoms with van der Waals surface area (Å²) >= 11 is 0. The molecule has 0 bridgehead atoms. The van der Waals surface area contributed by atoms with E-state index in [1.807, 2.05) is 50.2 Å². The number of hydrogen-bond donors (Lipinski definition) is 2. The van der Waals surface area contributed by atoms with Crippen LogP contribution in [0.2, 0.25) is 0 Å². The highest BCUT2D eigenvalue weighted by Crippen LogP contribution is 2.31. The molecule has 0 aliphatic heterocycles. The lowest BCUT2D eigenvalue weighted by Crippen LogP contribution is -2.41. The standard InChI is InChI=1S/C20H26N2O3/c1-14(2)21-20(23)22-17(12-15-8-6-5-7-9-15)16-10-11-18(24-3)19(13-16)25-4/h5-11,13-14,17H,12H2,1-4H3,(H2,21,22,23). The van der Waals surface area contributed by atoms with Crippen LogP contribution >= 0.6 is 0 Å². The highest BCUT2D eigenvalue weighted by atomic mass is 16.5. The van der Waals surface area contributed by atoms with Crippen LogP contribution in [0, 0.1) is 0 Å². The number of urea groups is 1. The summed E-state index contributed by atoms with van der Waals surface area (Å²) in [6.45, 7) is 3.87. The van der Waals surface area contributed by atoms with Crippen LogP contribution in [0.4, 0.5) is 4.79 Å². The Labute approximate surface area is 149 Å². The molecule has 2 aromatic rings. The van der Waals surface area contributed by atoms with E-state index in [4.69, 9.17) is 9.47 Å². The molecule has 0 aliphatic rings. The smallest absolute Gasteiger partial charge is 0.315 e. The molecule has 0 aromatic heterocycles. The van der Waals surface area contributed by atoms with Crippen LogP contribution in [0.25, 0.3) is 0 Å². The summed E-state index contributed by atoms with van der Waals surface area (Å²) in [6.07, 6.45) is 0.682. The van der Waals surface area contributed by atoms with E-state index in [1.54, 1.807) is 14.2 Å². The van der Waals surface area contributed by atoms with Gasteiger partial charge in [0.15, 0.2) is 11.5 Å². The molecular formula is C20H26N2O3. The molecule has 0 aliphatic carbocycles. The molecule has 0 radical (unpaired) electrons. The number of amides is 2. The Kier molecular flexibility index (Phi) is 6.69. The van der Waals surface area contributed by atoms with Crippen molar-refractivity contribution in [2.75, 3.05) is 14.2 Å². The maximum absolute atomic E-state index is 12.2. The third-order valence-corrected chi connectivity index (χ3v) is 3.82. The predicted octanol–water partition coefficient (Wildman–Crippen LogP) is 3.70. The average Bonchev–Trinajstić information content (AvgIpc) is 2.60. The lowest BCUT2D eigenvalue weighted by Gasteiger charge is -2.22. The van der Waals surface area contributed by atoms with Gasteiger partial charge < -0.3 is 20.1 Å². The van der Waals surface area contributed by atoms with Crippen molar-refractivity contribution in [3.8, 4) is 11.5 Å². The zero-order valence-electron chi connectivity index (χ0n) is 15.2. The highest BCUT2D eigenvalue weighted by Gasteiger charge is 2.18. The zero-order valence-corrected chi connectivity index (χ0v) is 15.2. The molecule has 1 atom stereocenters. The van der Waals surface area contributed by atoms with Crippen molar-refractivity contribution in [2.24, 2.45) is 0 Å². The first-order chi connectivity index (χ1) is 12.0. The van der Waals surface area contributed by atoms with Crippen molar-refractivity contribution in [3.63, 3.8) is 0 Å². The van der Waals surface area contributed by atoms with Gasteiger partial charge in [-0.3, -0.25) is 0 Å². The van der Waals surface area contributed by atoms with Crippen LogP contribution in [-0.4, -0.2) is 26.3 Å². The molecule has 0 saturated carbocycles. The Morgan fingerprint density at radius 3 is 2.24 bits per heavy atom. The van der Waals surface area contributed by atoms with Crippen LogP contribution in [0.15, 0.2) is 48.5 Å². The van der Waals surface area contributed by atoms with E-state index >= 15 is 0 Å². The normalized spacial score (nSPS) is 11.7. The number of carbonyl (C=O) groups excluding carboxylic acids is 1. The SMILES string of the molecule is COc1ccc(C(Cc2ccccc2)NC(=O)NC(C)C)cc1OC. The minimum atomic E-state index is -0.189. The largest absolute Gasteiger partial charge is 0.493 e. The van der Waals surface area contributed by atoms with Crippen molar-refractivity contribution < 1.29 is 14.3 Å². The van der Waals surface area contributed by atoms with Gasteiger partial charge in [-0.15, -0.1) is 0 Å². The number of benzene rings is 2. The number of carbonyl (C=O) groups is 1. The second-order valence-electron chi connectivity index (χ2n) is 6.13. The van der Waals surface area contributed by atoms with Crippen molar-refractivity contribution in [2.45, 2.75) is 32.4 Å². The van der Waals surface area contributed by atoms with Crippen molar-refractivity contribution in [3.05, 3.63) is 59.7 Å². The van der Waals surface area contributed by atoms with Crippen LogP contribution in [0.1, 0.15) is 31.0 Å². The topological polar surface area (TPSA) is 59.6 Å². The Morgan fingerprint density at radius 1 is 0.960 bits per heavy atom. The van der Waals surface area contributed by atoms with Gasteiger partial charge >= 0.3 is 6.03 Å². The van der Waals surface area contributed by atoms with Gasteiger partial charge in [0.25, 0.3) is 0 Å². The van der Waals surface area contributed by atoms with E-state index in [2.05, 4.69) is 22.8 Å². The first-order valence-corrected chi connectivity index (χ1v) is 8.36. The molecule has 0 fully saturated rings. The van der Waals surface area contributed by atoms with E-state index in [1.165, 1.54) is 0 Å². The molecule has 0 saturated heterocycles. The fourth-order valence-electron chi connectivity index (χ4n) is 2.63. The Bertz CT molecular complexity index is 687. The van der Waals surface area contributed by atoms with Gasteiger partial charge in [0.1, 0.15) is 0 Å². The number of nitrogens with one attached hydrogen (secondary N) is 2. The number of ether oxygens (including phenoxy) is 2. The molecule has 5 nitrogen and oxygen atoms in total. The van der Waals surface area contributed by atoms with Gasteiger partial charge in [-0.1, -0.05) is 36.4 Å². The fraction of sp³-hybridized carbons (Fsp3) is 0.350. The Hall–Kier alpha value is -2.69. The van der Waals surface area contributed by atoms with E-state index in [9.17, 15) is 4.79 Å². The summed E-state index contributed by atoms with van der Waals surface area (Å²) in [7, 11) is 3.21. The van der Waals surface area contributed by atoms with Gasteiger partial charge in [0.05, 0.1) is 20.3 Å². The van der Waals surface area contributed by atoms with Crippen LogP contribution < -0.4 is 20.1 Å². The van der Waals surface area contributed by atoms with Crippen molar-refractivity contribution >= 4 is 6.03 Å². The quantitative estimate of drug-likeness (QED) is 0.807. The van der Waals surface area contributed by atoms with E-state index in [0.29, 0.717) is 17.9 Å². The Morgan fingerprint density at radius 2 is 1.64 bits per heavy atom. The zero-order chi connectivity index (χ0) is 18.2. The molecule has 5 heteroatoms. The molecule has 2 aromatic carbocycles. The number of hydrogen-bond acceptors (Lipinski definition) is 3. The molecule has 0 spiro atoms. The first kappa shape index (κ1) is 18.6. The van der Waals surface area contributed by atoms with E-state index in [0.717, 1.165) is 11.1 Å². The molecule has 2 amide bonds. The first-order valence-electron chi connectivity index (χ1n) is 8.36. The summed E-state index contributed by atoms with van der Waals surface area (Å²) in [4.78, 5) is 12.2. The average molecular weight is 342 g/mol. The molecular weight excluding hydrogens is 316 g/mol. The third-order valence-electron chi connectivity index (χ3n) is 3.82. The molecule has 25 heavy (non-hydrogen) atoms. The summed E-state index contributed by atoms with van der Waals surface area (Å²) in [6, 6.07) is 15.5. The molecule has 134 valence electrons. The molecule has 2 rings (SSSR count). The lowest BCUT2D eigenvalue weighted by molar-refractivity contribution is 0.234. The summed E-state index contributed by atoms with van der Waals surface area (Å²) in [5, 5.41) is 5.93. The van der Waals surface area contributed by atoms with Gasteiger partial charge in [-0.05, 0) is 43.5 Å². The minimum Gasteiger partial charge on any atom is -0.493 e. The van der Waals surface area contributed by atoms with Crippen molar-refractivity contribution in [1.82, 2.24) is 10.6 Å². The molecule has 0 heterocycles. The number of rotatable bonds is 7. The van der Waals surface area contributed by atoms with Gasteiger partial charge in [-0.25, -0.2) is 4.79 Å². The highest BCUT2D eigenvalue weighted by molar-refractivity contribution is 5.74. The Balaban J connectivity index is 2.28. The fourth-order valence-corrected chi connectivity index (χ4v) is 2.63. The summed E-state index contributed by atoms with van der Waals surface area (Å²) in [5.41, 5.74) is 2.10. The molecule has 1 unspecified atom stereocenters. The van der Waals surface area contributed by atoms with Gasteiger partial charge in [0.2, 0.25) is 0 Å². The van der Waals surface area contributed by atoms with E-state index in [-0.39, 0.29) is 18.1 Å². The second-order valence-corrected chi connectivity index (χ2v) is 6.13. The summed E-state index contributed by atoms with van der Waals surface area (Å²) in [5.74, 6) is 1.31. The van der Waals surface area contributed by atoms with Crippen molar-refractivity contribution in [1.29, 1.82) is 0 Å². The third kappa shape index (κ3) is 5.41. The number of methoxy groups -OCH3 is 2. The summed E-state index contributed by atoms with van der Waals surface area (Å²) < 4.78 is 10.7.